The van der Waals surface area contributed by atoms with Gasteiger partial charge in [0.2, 0.25) is 0 Å². The van der Waals surface area contributed by atoms with Crippen molar-refractivity contribution in [3.05, 3.63) is 70.4 Å². The van der Waals surface area contributed by atoms with Crippen molar-refractivity contribution in [1.82, 2.24) is 9.88 Å². The smallest absolute Gasteiger partial charge is 0.352 e. The summed E-state index contributed by atoms with van der Waals surface area (Å²) in [6.45, 7) is 1.29. The second-order valence-corrected chi connectivity index (χ2v) is 6.20. The van der Waals surface area contributed by atoms with Gasteiger partial charge in [-0.25, -0.2) is 4.79 Å². The van der Waals surface area contributed by atoms with Gasteiger partial charge in [0.25, 0.3) is 0 Å². The maximum absolute atomic E-state index is 11.6. The molecule has 0 aliphatic heterocycles. The Kier molecular flexibility index (Phi) is 4.88. The van der Waals surface area contributed by atoms with Gasteiger partial charge in [0.15, 0.2) is 0 Å². The number of benzene rings is 2. The van der Waals surface area contributed by atoms with Crippen LogP contribution in [-0.4, -0.2) is 22.2 Å². The van der Waals surface area contributed by atoms with Gasteiger partial charge in [-0.05, 0) is 36.7 Å². The van der Waals surface area contributed by atoms with Gasteiger partial charge in [-0.2, -0.15) is 0 Å². The van der Waals surface area contributed by atoms with Crippen molar-refractivity contribution in [3.63, 3.8) is 0 Å². The molecule has 0 aliphatic rings. The Labute approximate surface area is 145 Å². The van der Waals surface area contributed by atoms with Crippen LogP contribution in [0.1, 0.15) is 21.6 Å². The third-order valence-corrected chi connectivity index (χ3v) is 4.47. The molecular formula is C19H19ClN2O2. The van der Waals surface area contributed by atoms with Gasteiger partial charge in [-0.1, -0.05) is 41.9 Å². The minimum absolute atomic E-state index is 0.343. The molecule has 0 bridgehead atoms. The van der Waals surface area contributed by atoms with E-state index in [1.807, 2.05) is 48.5 Å². The summed E-state index contributed by atoms with van der Waals surface area (Å²) >= 11 is 5.88. The van der Waals surface area contributed by atoms with Crippen LogP contribution in [0.3, 0.4) is 0 Å². The molecule has 0 fully saturated rings. The molecule has 3 rings (SSSR count). The van der Waals surface area contributed by atoms with Crippen LogP contribution in [0.25, 0.3) is 10.9 Å². The van der Waals surface area contributed by atoms with Crippen molar-refractivity contribution < 1.29 is 9.90 Å². The molecule has 0 aliphatic carbocycles. The number of hydrogen-bond acceptors (Lipinski definition) is 2. The molecule has 0 amide bonds. The van der Waals surface area contributed by atoms with Crippen LogP contribution in [0, 0.1) is 0 Å². The van der Waals surface area contributed by atoms with E-state index in [1.165, 1.54) is 5.56 Å². The first kappa shape index (κ1) is 16.6. The number of aromatic nitrogens is 1. The number of halogens is 1. The normalized spacial score (nSPS) is 11.1. The standard InChI is InChI=1S/C19H19ClN2O2/c1-22-17-5-3-2-4-15(17)16(18(22)19(23)24)12-21-11-10-13-6-8-14(20)9-7-13/h2-9,21H,10-12H2,1H3,(H,23,24). The van der Waals surface area contributed by atoms with Crippen LogP contribution in [0.15, 0.2) is 48.5 Å². The van der Waals surface area contributed by atoms with Gasteiger partial charge in [-0.15, -0.1) is 0 Å². The zero-order chi connectivity index (χ0) is 17.1. The fraction of sp³-hybridized carbons (Fsp3) is 0.211. The van der Waals surface area contributed by atoms with Gasteiger partial charge in [0.05, 0.1) is 0 Å². The number of carboxylic acids is 1. The van der Waals surface area contributed by atoms with Crippen LogP contribution in [0.4, 0.5) is 0 Å². The lowest BCUT2D eigenvalue weighted by molar-refractivity contribution is 0.0685. The molecule has 24 heavy (non-hydrogen) atoms. The SMILES string of the molecule is Cn1c(C(=O)O)c(CNCCc2ccc(Cl)cc2)c2ccccc21. The summed E-state index contributed by atoms with van der Waals surface area (Å²) in [5.41, 5.74) is 3.31. The third-order valence-electron chi connectivity index (χ3n) is 4.22. The maximum Gasteiger partial charge on any atom is 0.352 e. The van der Waals surface area contributed by atoms with E-state index in [-0.39, 0.29) is 0 Å². The van der Waals surface area contributed by atoms with Gasteiger partial charge >= 0.3 is 5.97 Å². The second-order valence-electron chi connectivity index (χ2n) is 5.76. The lowest BCUT2D eigenvalue weighted by atomic mass is 10.1. The molecular weight excluding hydrogens is 324 g/mol. The van der Waals surface area contributed by atoms with Gasteiger partial charge < -0.3 is 15.0 Å². The fourth-order valence-electron chi connectivity index (χ4n) is 3.02. The predicted molar refractivity (Wildman–Crippen MR) is 96.7 cm³/mol. The van der Waals surface area contributed by atoms with Crippen LogP contribution in [0.5, 0.6) is 0 Å². The largest absolute Gasteiger partial charge is 0.477 e. The van der Waals surface area contributed by atoms with Crippen molar-refractivity contribution in [2.75, 3.05) is 6.54 Å². The summed E-state index contributed by atoms with van der Waals surface area (Å²) < 4.78 is 1.74. The van der Waals surface area contributed by atoms with Crippen molar-refractivity contribution in [2.45, 2.75) is 13.0 Å². The fourth-order valence-corrected chi connectivity index (χ4v) is 3.15. The highest BCUT2D eigenvalue weighted by Gasteiger charge is 2.19. The number of carboxylic acid groups (broad SMARTS) is 1. The quantitative estimate of drug-likeness (QED) is 0.669. The van der Waals surface area contributed by atoms with Crippen molar-refractivity contribution in [2.24, 2.45) is 7.05 Å². The molecule has 0 atom stereocenters. The summed E-state index contributed by atoms with van der Waals surface area (Å²) in [6.07, 6.45) is 0.865. The number of nitrogens with zero attached hydrogens (tertiary/aromatic N) is 1. The Morgan fingerprint density at radius 2 is 1.88 bits per heavy atom. The van der Waals surface area contributed by atoms with Crippen LogP contribution in [-0.2, 0) is 20.0 Å². The Morgan fingerprint density at radius 1 is 1.17 bits per heavy atom. The summed E-state index contributed by atoms with van der Waals surface area (Å²) in [7, 11) is 1.79. The topological polar surface area (TPSA) is 54.3 Å². The van der Waals surface area contributed by atoms with E-state index in [0.717, 1.165) is 34.5 Å². The number of carbonyl (C=O) groups is 1. The summed E-state index contributed by atoms with van der Waals surface area (Å²) in [5, 5.41) is 14.6. The number of nitrogens with one attached hydrogen (secondary N) is 1. The molecule has 1 aromatic heterocycles. The minimum Gasteiger partial charge on any atom is -0.477 e. The van der Waals surface area contributed by atoms with Crippen LogP contribution < -0.4 is 5.32 Å². The zero-order valence-corrected chi connectivity index (χ0v) is 14.2. The molecule has 4 nitrogen and oxygen atoms in total. The van der Waals surface area contributed by atoms with Gasteiger partial charge in [0, 0.05) is 35.1 Å². The predicted octanol–water partition coefficient (Wildman–Crippen LogP) is 3.86. The Hall–Kier alpha value is -2.30. The first-order valence-electron chi connectivity index (χ1n) is 7.82. The molecule has 0 saturated heterocycles. The molecule has 5 heteroatoms. The summed E-state index contributed by atoms with van der Waals surface area (Å²) in [4.78, 5) is 11.6. The number of aromatic carboxylic acids is 1. The highest BCUT2D eigenvalue weighted by atomic mass is 35.5. The Bertz CT molecular complexity index is 869. The lowest BCUT2D eigenvalue weighted by Crippen LogP contribution is -2.19. The third kappa shape index (κ3) is 3.30. The molecule has 2 aromatic carbocycles. The first-order valence-corrected chi connectivity index (χ1v) is 8.20. The van der Waals surface area contributed by atoms with Gasteiger partial charge in [-0.3, -0.25) is 0 Å². The number of hydrogen-bond donors (Lipinski definition) is 2. The van der Waals surface area contributed by atoms with Crippen molar-refractivity contribution in [1.29, 1.82) is 0 Å². The summed E-state index contributed by atoms with van der Waals surface area (Å²) in [6, 6.07) is 15.5. The monoisotopic (exact) mass is 342 g/mol. The molecule has 2 N–H and O–H groups in total. The highest BCUT2D eigenvalue weighted by molar-refractivity contribution is 6.30. The van der Waals surface area contributed by atoms with Crippen molar-refractivity contribution in [3.8, 4) is 0 Å². The minimum atomic E-state index is -0.900. The average Bonchev–Trinajstić information content (AvgIpc) is 2.86. The number of para-hydroxylation sites is 1. The Morgan fingerprint density at radius 3 is 2.58 bits per heavy atom. The van der Waals surface area contributed by atoms with E-state index in [1.54, 1.807) is 11.6 Å². The summed E-state index contributed by atoms with van der Waals surface area (Å²) in [5.74, 6) is -0.900. The molecule has 124 valence electrons. The molecule has 0 radical (unpaired) electrons. The van der Waals surface area contributed by atoms with Crippen LogP contribution >= 0.6 is 11.6 Å². The average molecular weight is 343 g/mol. The number of fused-ring (bicyclic) bond motifs is 1. The van der Waals surface area contributed by atoms with E-state index in [4.69, 9.17) is 11.6 Å². The van der Waals surface area contributed by atoms with Crippen LogP contribution in [0.2, 0.25) is 5.02 Å². The van der Waals surface area contributed by atoms with E-state index in [2.05, 4.69) is 5.32 Å². The van der Waals surface area contributed by atoms with E-state index >= 15 is 0 Å². The Balaban J connectivity index is 1.74. The van der Waals surface area contributed by atoms with E-state index < -0.39 is 5.97 Å². The molecule has 3 aromatic rings. The highest BCUT2D eigenvalue weighted by Crippen LogP contribution is 2.25. The number of rotatable bonds is 6. The van der Waals surface area contributed by atoms with Crippen molar-refractivity contribution >= 4 is 28.5 Å². The number of aryl methyl sites for hydroxylation is 1. The first-order chi connectivity index (χ1) is 11.6. The van der Waals surface area contributed by atoms with E-state index in [9.17, 15) is 9.90 Å². The van der Waals surface area contributed by atoms with E-state index in [0.29, 0.717) is 12.2 Å². The lowest BCUT2D eigenvalue weighted by Gasteiger charge is -2.07. The molecule has 1 heterocycles. The molecule has 0 saturated carbocycles. The van der Waals surface area contributed by atoms with Gasteiger partial charge in [0.1, 0.15) is 5.69 Å². The second kappa shape index (κ2) is 7.07. The molecule has 0 unspecified atom stereocenters. The zero-order valence-electron chi connectivity index (χ0n) is 13.4. The maximum atomic E-state index is 11.6. The molecule has 0 spiro atoms.